The van der Waals surface area contributed by atoms with Crippen molar-refractivity contribution in [1.29, 1.82) is 0 Å². The highest BCUT2D eigenvalue weighted by Crippen LogP contribution is 2.55. The minimum atomic E-state index is -3.71. The van der Waals surface area contributed by atoms with Crippen LogP contribution < -0.4 is 15.5 Å². The number of nitrogens with zero attached hydrogens (tertiary/aromatic N) is 6. The molecule has 1 aliphatic heterocycles. The Kier molecular flexibility index (Phi) is 7.15. The van der Waals surface area contributed by atoms with Crippen LogP contribution >= 0.6 is 0 Å². The van der Waals surface area contributed by atoms with E-state index in [1.807, 2.05) is 25.1 Å². The molecule has 1 aromatic carbocycles. The van der Waals surface area contributed by atoms with Gasteiger partial charge < -0.3 is 15.0 Å². The van der Waals surface area contributed by atoms with E-state index in [9.17, 15) is 13.2 Å². The second-order valence-electron chi connectivity index (χ2n) is 10.8. The molecule has 1 atom stereocenters. The number of hydrogen-bond acceptors (Lipinski definition) is 9. The van der Waals surface area contributed by atoms with Gasteiger partial charge in [0.05, 0.1) is 41.7 Å². The number of hydrogen-bond donors (Lipinski definition) is 2. The number of amides is 2. The molecule has 2 fully saturated rings. The monoisotopic (exact) mass is 588 g/mol. The van der Waals surface area contributed by atoms with Gasteiger partial charge in [0, 0.05) is 37.6 Å². The maximum atomic E-state index is 13.9. The molecule has 12 nitrogen and oxygen atoms in total. The van der Waals surface area contributed by atoms with Crippen LogP contribution in [0.3, 0.4) is 0 Å². The zero-order valence-corrected chi connectivity index (χ0v) is 24.4. The lowest BCUT2D eigenvalue weighted by molar-refractivity contribution is 0.0985. The Hall–Kier alpha value is -4.36. The lowest BCUT2D eigenvalue weighted by Gasteiger charge is -2.34. The average molecular weight is 589 g/mol. The second kappa shape index (κ2) is 10.8. The van der Waals surface area contributed by atoms with Gasteiger partial charge in [0.1, 0.15) is 16.4 Å². The Labute approximate surface area is 244 Å². The van der Waals surface area contributed by atoms with Gasteiger partial charge in [0.25, 0.3) is 0 Å². The quantitative estimate of drug-likeness (QED) is 0.328. The Morgan fingerprint density at radius 2 is 1.86 bits per heavy atom. The average Bonchev–Trinajstić information content (AvgIpc) is 3.71. The van der Waals surface area contributed by atoms with Gasteiger partial charge >= 0.3 is 6.03 Å². The number of aryl methyl sites for hydroxylation is 2. The fraction of sp³-hybridized carbons (Fsp3) is 0.345. The van der Waals surface area contributed by atoms with Gasteiger partial charge in [-0.3, -0.25) is 10.00 Å². The van der Waals surface area contributed by atoms with Crippen LogP contribution in [0.2, 0.25) is 0 Å². The molecule has 2 amide bonds. The number of aromatic nitrogens is 5. The number of morpholine rings is 1. The number of pyridine rings is 1. The van der Waals surface area contributed by atoms with Crippen molar-refractivity contribution in [2.45, 2.75) is 42.4 Å². The normalized spacial score (nSPS) is 18.0. The molecule has 0 spiro atoms. The zero-order chi connectivity index (χ0) is 29.5. The summed E-state index contributed by atoms with van der Waals surface area (Å²) in [5, 5.41) is 9.42. The fourth-order valence-electron chi connectivity index (χ4n) is 5.10. The van der Waals surface area contributed by atoms with Crippen LogP contribution in [0.4, 0.5) is 22.1 Å². The van der Waals surface area contributed by atoms with Crippen molar-refractivity contribution >= 4 is 33.2 Å². The van der Waals surface area contributed by atoms with Gasteiger partial charge in [0.2, 0.25) is 0 Å². The van der Waals surface area contributed by atoms with Crippen molar-refractivity contribution < 1.29 is 17.9 Å². The number of benzene rings is 1. The van der Waals surface area contributed by atoms with E-state index >= 15 is 0 Å². The first kappa shape index (κ1) is 27.8. The second-order valence-corrected chi connectivity index (χ2v) is 13.0. The number of ether oxygens (including phenoxy) is 1. The summed E-state index contributed by atoms with van der Waals surface area (Å²) in [5.41, 5.74) is 2.61. The van der Waals surface area contributed by atoms with Crippen LogP contribution in [0.5, 0.6) is 0 Å². The first-order chi connectivity index (χ1) is 20.1. The molecule has 218 valence electrons. The molecule has 6 rings (SSSR count). The number of nitrogens with one attached hydrogen (secondary N) is 2. The van der Waals surface area contributed by atoms with Crippen molar-refractivity contribution in [1.82, 2.24) is 24.7 Å². The molecule has 1 unspecified atom stereocenters. The van der Waals surface area contributed by atoms with Gasteiger partial charge in [-0.25, -0.2) is 28.2 Å². The molecule has 2 aliphatic rings. The number of sulfone groups is 1. The molecular weight excluding hydrogens is 556 g/mol. The summed E-state index contributed by atoms with van der Waals surface area (Å²) in [5.74, 6) is 1.35. The number of carbonyl (C=O) groups excluding carboxylic acids is 1. The van der Waals surface area contributed by atoms with E-state index in [1.54, 1.807) is 54.6 Å². The number of rotatable bonds is 7. The summed E-state index contributed by atoms with van der Waals surface area (Å²) in [6.45, 7) is 5.70. The Bertz CT molecular complexity index is 1720. The third kappa shape index (κ3) is 5.32. The molecule has 3 aromatic heterocycles. The first-order valence-electron chi connectivity index (χ1n) is 13.7. The van der Waals surface area contributed by atoms with Gasteiger partial charge in [-0.1, -0.05) is 17.7 Å². The van der Waals surface area contributed by atoms with Crippen molar-refractivity contribution in [3.8, 4) is 11.4 Å². The van der Waals surface area contributed by atoms with Crippen LogP contribution in [0.25, 0.3) is 11.4 Å². The highest BCUT2D eigenvalue weighted by molar-refractivity contribution is 7.92. The molecular formula is C29H32N8O4S. The lowest BCUT2D eigenvalue weighted by Crippen LogP contribution is -2.44. The highest BCUT2D eigenvalue weighted by Gasteiger charge is 2.58. The predicted octanol–water partition coefficient (Wildman–Crippen LogP) is 3.91. The van der Waals surface area contributed by atoms with Crippen molar-refractivity contribution in [2.24, 2.45) is 7.05 Å². The van der Waals surface area contributed by atoms with Gasteiger partial charge in [-0.2, -0.15) is 5.10 Å². The van der Waals surface area contributed by atoms with E-state index in [-0.39, 0.29) is 10.9 Å². The van der Waals surface area contributed by atoms with Crippen molar-refractivity contribution in [3.63, 3.8) is 0 Å². The molecule has 1 saturated heterocycles. The molecule has 2 N–H and O–H groups in total. The van der Waals surface area contributed by atoms with E-state index in [4.69, 9.17) is 14.7 Å². The molecule has 42 heavy (non-hydrogen) atoms. The topological polar surface area (TPSA) is 144 Å². The standard InChI is InChI=1S/C29H32N8O4S/c1-19-4-7-23(8-5-19)42(39,40)29(10-11-29)24-14-26(37-12-13-41-18-20(37)2)35-27(33-24)21-6-9-25(30-15-21)34-28(38)32-22-16-31-36(3)17-22/h4-9,14-17,20H,10-13,18H2,1-3H3,(H2,30,32,34,38). The van der Waals surface area contributed by atoms with Gasteiger partial charge in [-0.05, 0) is 51.0 Å². The summed E-state index contributed by atoms with van der Waals surface area (Å²) in [6.07, 6.45) is 5.74. The fourth-order valence-corrected chi connectivity index (χ4v) is 7.06. The molecule has 4 aromatic rings. The predicted molar refractivity (Wildman–Crippen MR) is 158 cm³/mol. The Morgan fingerprint density at radius 3 is 2.50 bits per heavy atom. The van der Waals surface area contributed by atoms with Crippen LogP contribution in [0, 0.1) is 6.92 Å². The third-order valence-electron chi connectivity index (χ3n) is 7.62. The SMILES string of the molecule is Cc1ccc(S(=O)(=O)C2(c3cc(N4CCOCC4C)nc(-c4ccc(NC(=O)Nc5cnn(C)c5)nc4)n3)CC2)cc1. The van der Waals surface area contributed by atoms with Crippen LogP contribution in [0.15, 0.2) is 66.0 Å². The number of anilines is 3. The highest BCUT2D eigenvalue weighted by atomic mass is 32.2. The minimum Gasteiger partial charge on any atom is -0.377 e. The van der Waals surface area contributed by atoms with Crippen molar-refractivity contribution in [2.75, 3.05) is 35.3 Å². The molecule has 0 bridgehead atoms. The van der Waals surface area contributed by atoms with E-state index < -0.39 is 20.6 Å². The molecule has 13 heteroatoms. The molecule has 0 radical (unpaired) electrons. The molecule has 4 heterocycles. The summed E-state index contributed by atoms with van der Waals surface area (Å²) in [4.78, 5) is 28.9. The summed E-state index contributed by atoms with van der Waals surface area (Å²) >= 11 is 0. The van der Waals surface area contributed by atoms with E-state index in [1.165, 1.54) is 0 Å². The molecule has 1 saturated carbocycles. The maximum Gasteiger partial charge on any atom is 0.324 e. The van der Waals surface area contributed by atoms with Crippen molar-refractivity contribution in [3.05, 3.63) is 72.3 Å². The van der Waals surface area contributed by atoms with E-state index in [0.29, 0.717) is 67.0 Å². The lowest BCUT2D eigenvalue weighted by atomic mass is 10.2. The zero-order valence-electron chi connectivity index (χ0n) is 23.6. The largest absolute Gasteiger partial charge is 0.377 e. The summed E-state index contributed by atoms with van der Waals surface area (Å²) < 4.78 is 34.0. The Balaban J connectivity index is 1.33. The third-order valence-corrected chi connectivity index (χ3v) is 10.2. The van der Waals surface area contributed by atoms with E-state index in [2.05, 4.69) is 32.5 Å². The van der Waals surface area contributed by atoms with Crippen LogP contribution in [-0.4, -0.2) is 65.0 Å². The van der Waals surface area contributed by atoms with Gasteiger partial charge in [0.15, 0.2) is 15.7 Å². The summed E-state index contributed by atoms with van der Waals surface area (Å²) in [7, 11) is -1.95. The first-order valence-corrected chi connectivity index (χ1v) is 15.2. The van der Waals surface area contributed by atoms with Gasteiger partial charge in [-0.15, -0.1) is 0 Å². The van der Waals surface area contributed by atoms with Crippen LogP contribution in [-0.2, 0) is 26.4 Å². The maximum absolute atomic E-state index is 13.9. The Morgan fingerprint density at radius 1 is 1.07 bits per heavy atom. The summed E-state index contributed by atoms with van der Waals surface area (Å²) in [6, 6.07) is 11.8. The molecule has 1 aliphatic carbocycles. The number of urea groups is 1. The smallest absolute Gasteiger partial charge is 0.324 e. The number of carbonyl (C=O) groups is 1. The van der Waals surface area contributed by atoms with Crippen LogP contribution in [0.1, 0.15) is 31.0 Å². The minimum absolute atomic E-state index is 0.0567. The van der Waals surface area contributed by atoms with E-state index in [0.717, 1.165) is 5.56 Å².